The van der Waals surface area contributed by atoms with Crippen LogP contribution in [0.3, 0.4) is 0 Å². The summed E-state index contributed by atoms with van der Waals surface area (Å²) in [6.45, 7) is 2.05. The lowest BCUT2D eigenvalue weighted by molar-refractivity contribution is 0.618. The smallest absolute Gasteiger partial charge is 0.137 e. The highest BCUT2D eigenvalue weighted by atomic mass is 127. The number of benzene rings is 1. The van der Waals surface area contributed by atoms with Crippen LogP contribution in [0.1, 0.15) is 12.5 Å². The van der Waals surface area contributed by atoms with Gasteiger partial charge in [-0.3, -0.25) is 0 Å². The van der Waals surface area contributed by atoms with Gasteiger partial charge in [-0.1, -0.05) is 13.0 Å². The predicted molar refractivity (Wildman–Crippen MR) is 56.2 cm³/mol. The molecule has 0 aliphatic carbocycles. The molecule has 0 heterocycles. The minimum Gasteiger partial charge on any atom is -0.206 e. The van der Waals surface area contributed by atoms with E-state index in [1.54, 1.807) is 0 Å². The number of hydrogen-bond donors (Lipinski definition) is 0. The van der Waals surface area contributed by atoms with Crippen molar-refractivity contribution >= 4 is 38.5 Å². The first kappa shape index (κ1) is 9.45. The number of aryl methyl sites for hydroxylation is 1. The number of rotatable bonds is 1. The average molecular weight is 329 g/mol. The van der Waals surface area contributed by atoms with E-state index in [0.29, 0.717) is 3.57 Å². The van der Waals surface area contributed by atoms with Crippen molar-refractivity contribution in [2.45, 2.75) is 13.3 Å². The highest BCUT2D eigenvalue weighted by Crippen LogP contribution is 2.26. The third-order valence-corrected chi connectivity index (χ3v) is 4.20. The minimum absolute atomic E-state index is 0.158. The predicted octanol–water partition coefficient (Wildman–Crippen LogP) is 3.76. The maximum atomic E-state index is 12.9. The second kappa shape index (κ2) is 3.85. The van der Waals surface area contributed by atoms with Gasteiger partial charge in [0.2, 0.25) is 0 Å². The SMILES string of the molecule is CCc1ccc(F)c(I)c1Br. The summed E-state index contributed by atoms with van der Waals surface area (Å²) in [5, 5.41) is 0. The first-order valence-corrected chi connectivity index (χ1v) is 5.16. The van der Waals surface area contributed by atoms with E-state index >= 15 is 0 Å². The Labute approximate surface area is 87.5 Å². The maximum Gasteiger partial charge on any atom is 0.137 e. The summed E-state index contributed by atoms with van der Waals surface area (Å²) in [7, 11) is 0. The van der Waals surface area contributed by atoms with Crippen LogP contribution in [0.5, 0.6) is 0 Å². The molecule has 0 saturated heterocycles. The molecule has 0 amide bonds. The Balaban J connectivity index is 3.25. The van der Waals surface area contributed by atoms with E-state index in [2.05, 4.69) is 15.9 Å². The molecule has 1 rings (SSSR count). The van der Waals surface area contributed by atoms with Gasteiger partial charge in [0.1, 0.15) is 5.82 Å². The topological polar surface area (TPSA) is 0 Å². The molecule has 0 nitrogen and oxygen atoms in total. The standard InChI is InChI=1S/C8H7BrFI/c1-2-5-3-4-6(10)8(11)7(5)9/h3-4H,2H2,1H3. The Morgan fingerprint density at radius 3 is 2.73 bits per heavy atom. The highest BCUT2D eigenvalue weighted by Gasteiger charge is 2.06. The van der Waals surface area contributed by atoms with Crippen LogP contribution in [0.15, 0.2) is 16.6 Å². The van der Waals surface area contributed by atoms with E-state index < -0.39 is 0 Å². The third-order valence-electron chi connectivity index (χ3n) is 1.50. The molecule has 60 valence electrons. The summed E-state index contributed by atoms with van der Waals surface area (Å²) in [5.41, 5.74) is 1.15. The summed E-state index contributed by atoms with van der Waals surface area (Å²) in [6.07, 6.45) is 0.927. The lowest BCUT2D eigenvalue weighted by atomic mass is 10.2. The van der Waals surface area contributed by atoms with Crippen LogP contribution in [0.4, 0.5) is 4.39 Å². The molecule has 0 aliphatic heterocycles. The highest BCUT2D eigenvalue weighted by molar-refractivity contribution is 14.1. The number of halogens is 3. The van der Waals surface area contributed by atoms with Gasteiger partial charge in [-0.2, -0.15) is 0 Å². The molecule has 0 saturated carbocycles. The van der Waals surface area contributed by atoms with Crippen molar-refractivity contribution < 1.29 is 4.39 Å². The monoisotopic (exact) mass is 328 g/mol. The average Bonchev–Trinajstić information content (AvgIpc) is 2.01. The van der Waals surface area contributed by atoms with E-state index in [1.807, 2.05) is 35.6 Å². The quantitative estimate of drug-likeness (QED) is 0.544. The Hall–Kier alpha value is 0.360. The Bertz CT molecular complexity index is 273. The molecule has 0 aliphatic rings. The molecule has 1 aromatic carbocycles. The van der Waals surface area contributed by atoms with Gasteiger partial charge in [0.05, 0.1) is 3.57 Å². The zero-order valence-corrected chi connectivity index (χ0v) is 9.74. The number of hydrogen-bond acceptors (Lipinski definition) is 0. The molecule has 0 spiro atoms. The fourth-order valence-corrected chi connectivity index (χ4v) is 1.97. The largest absolute Gasteiger partial charge is 0.206 e. The van der Waals surface area contributed by atoms with Crippen LogP contribution in [-0.4, -0.2) is 0 Å². The van der Waals surface area contributed by atoms with Gasteiger partial charge >= 0.3 is 0 Å². The Kier molecular flexibility index (Phi) is 3.30. The molecular formula is C8H7BrFI. The van der Waals surface area contributed by atoms with Crippen LogP contribution in [0.2, 0.25) is 0 Å². The zero-order chi connectivity index (χ0) is 8.43. The molecular weight excluding hydrogens is 322 g/mol. The fourth-order valence-electron chi connectivity index (χ4n) is 0.839. The van der Waals surface area contributed by atoms with E-state index in [-0.39, 0.29) is 5.82 Å². The third kappa shape index (κ3) is 1.93. The maximum absolute atomic E-state index is 12.9. The summed E-state index contributed by atoms with van der Waals surface area (Å²) in [5.74, 6) is -0.158. The normalized spacial score (nSPS) is 10.2. The van der Waals surface area contributed by atoms with Crippen LogP contribution in [-0.2, 0) is 6.42 Å². The first-order chi connectivity index (χ1) is 5.16. The van der Waals surface area contributed by atoms with Crippen molar-refractivity contribution in [1.82, 2.24) is 0 Å². The summed E-state index contributed by atoms with van der Waals surface area (Å²) >= 11 is 5.34. The molecule has 11 heavy (non-hydrogen) atoms. The van der Waals surface area contributed by atoms with Crippen LogP contribution in [0, 0.1) is 9.39 Å². The molecule has 0 atom stereocenters. The van der Waals surface area contributed by atoms with Gasteiger partial charge in [-0.05, 0) is 56.6 Å². The van der Waals surface area contributed by atoms with Crippen molar-refractivity contribution in [2.24, 2.45) is 0 Å². The molecule has 0 fully saturated rings. The van der Waals surface area contributed by atoms with E-state index in [0.717, 1.165) is 16.5 Å². The van der Waals surface area contributed by atoms with Crippen molar-refractivity contribution in [3.8, 4) is 0 Å². The molecule has 1 aromatic rings. The van der Waals surface area contributed by atoms with Crippen LogP contribution in [0.25, 0.3) is 0 Å². The summed E-state index contributed by atoms with van der Waals surface area (Å²) in [4.78, 5) is 0. The lowest BCUT2D eigenvalue weighted by Crippen LogP contribution is -1.89. The van der Waals surface area contributed by atoms with Crippen molar-refractivity contribution in [3.05, 3.63) is 31.6 Å². The van der Waals surface area contributed by atoms with Crippen molar-refractivity contribution in [2.75, 3.05) is 0 Å². The van der Waals surface area contributed by atoms with E-state index in [1.165, 1.54) is 6.07 Å². The second-order valence-electron chi connectivity index (χ2n) is 2.19. The Morgan fingerprint density at radius 1 is 1.55 bits per heavy atom. The molecule has 0 N–H and O–H groups in total. The molecule has 0 bridgehead atoms. The van der Waals surface area contributed by atoms with Gasteiger partial charge in [0.15, 0.2) is 0 Å². The molecule has 0 radical (unpaired) electrons. The summed E-state index contributed by atoms with van der Waals surface area (Å²) < 4.78 is 14.4. The van der Waals surface area contributed by atoms with Crippen molar-refractivity contribution in [3.63, 3.8) is 0 Å². The molecule has 0 unspecified atom stereocenters. The summed E-state index contributed by atoms with van der Waals surface area (Å²) in [6, 6.07) is 3.31. The van der Waals surface area contributed by atoms with Gasteiger partial charge < -0.3 is 0 Å². The molecule has 3 heteroatoms. The van der Waals surface area contributed by atoms with Gasteiger partial charge in [-0.25, -0.2) is 4.39 Å². The fraction of sp³-hybridized carbons (Fsp3) is 0.250. The lowest BCUT2D eigenvalue weighted by Gasteiger charge is -2.03. The Morgan fingerprint density at radius 2 is 2.18 bits per heavy atom. The van der Waals surface area contributed by atoms with E-state index in [4.69, 9.17) is 0 Å². The first-order valence-electron chi connectivity index (χ1n) is 3.29. The second-order valence-corrected chi connectivity index (χ2v) is 4.06. The van der Waals surface area contributed by atoms with Gasteiger partial charge in [-0.15, -0.1) is 0 Å². The zero-order valence-electron chi connectivity index (χ0n) is 6.00. The van der Waals surface area contributed by atoms with Gasteiger partial charge in [0, 0.05) is 4.47 Å². The van der Waals surface area contributed by atoms with Gasteiger partial charge in [0.25, 0.3) is 0 Å². The molecule has 0 aromatic heterocycles. The minimum atomic E-state index is -0.158. The van der Waals surface area contributed by atoms with Crippen molar-refractivity contribution in [1.29, 1.82) is 0 Å². The van der Waals surface area contributed by atoms with Crippen LogP contribution < -0.4 is 0 Å². The van der Waals surface area contributed by atoms with E-state index in [9.17, 15) is 4.39 Å². The van der Waals surface area contributed by atoms with Crippen LogP contribution >= 0.6 is 38.5 Å².